The first-order valence-electron chi connectivity index (χ1n) is 4.88. The molecule has 0 atom stereocenters. The summed E-state index contributed by atoms with van der Waals surface area (Å²) in [5.74, 6) is 0.0304. The zero-order chi connectivity index (χ0) is 11.1. The van der Waals surface area contributed by atoms with Crippen molar-refractivity contribution in [1.82, 2.24) is 0 Å². The number of aryl methyl sites for hydroxylation is 1. The van der Waals surface area contributed by atoms with Crippen LogP contribution in [0.5, 0.6) is 0 Å². The third kappa shape index (κ3) is 3.09. The third-order valence-electron chi connectivity index (χ3n) is 1.82. The van der Waals surface area contributed by atoms with Crippen LogP contribution in [0.15, 0.2) is 18.2 Å². The van der Waals surface area contributed by atoms with Gasteiger partial charge in [0, 0.05) is 11.3 Å². The number of benzene rings is 1. The lowest BCUT2D eigenvalue weighted by atomic mass is 10.1. The summed E-state index contributed by atoms with van der Waals surface area (Å²) in [6.07, 6.45) is 0.931. The number of anilines is 1. The number of nitrogen functional groups attached to an aromatic ring is 2. The monoisotopic (exact) mass is 193 g/mol. The first-order chi connectivity index (χ1) is 6.65. The van der Waals surface area contributed by atoms with E-state index in [0.29, 0.717) is 11.3 Å². The second-order valence-electron chi connectivity index (χ2n) is 2.69. The van der Waals surface area contributed by atoms with Crippen molar-refractivity contribution in [2.45, 2.75) is 27.2 Å². The Kier molecular flexibility index (Phi) is 5.37. The zero-order valence-corrected chi connectivity index (χ0v) is 9.09. The van der Waals surface area contributed by atoms with E-state index in [4.69, 9.17) is 16.9 Å². The Hall–Kier alpha value is -1.51. The first-order valence-corrected chi connectivity index (χ1v) is 4.88. The predicted octanol–water partition coefficient (Wildman–Crippen LogP) is 2.14. The summed E-state index contributed by atoms with van der Waals surface area (Å²) in [7, 11) is 0. The summed E-state index contributed by atoms with van der Waals surface area (Å²) >= 11 is 0. The minimum atomic E-state index is 0.0304. The van der Waals surface area contributed by atoms with E-state index in [0.717, 1.165) is 12.0 Å². The van der Waals surface area contributed by atoms with Gasteiger partial charge in [-0.15, -0.1) is 0 Å². The zero-order valence-electron chi connectivity index (χ0n) is 9.09. The number of nitrogens with two attached hydrogens (primary N) is 2. The minimum absolute atomic E-state index is 0.0304. The van der Waals surface area contributed by atoms with Crippen LogP contribution < -0.4 is 11.5 Å². The molecular weight excluding hydrogens is 174 g/mol. The Labute approximate surface area is 85.6 Å². The highest BCUT2D eigenvalue weighted by molar-refractivity contribution is 5.99. The SMILES string of the molecule is CC.CCc1ccc(N)c(C(=N)N)c1. The van der Waals surface area contributed by atoms with Gasteiger partial charge in [-0.2, -0.15) is 0 Å². The molecule has 0 spiro atoms. The Bertz CT molecular complexity index is 305. The molecule has 3 heteroatoms. The average Bonchev–Trinajstić information content (AvgIpc) is 2.21. The lowest BCUT2D eigenvalue weighted by Crippen LogP contribution is -2.13. The van der Waals surface area contributed by atoms with Gasteiger partial charge in [0.15, 0.2) is 0 Å². The van der Waals surface area contributed by atoms with Crippen LogP contribution in [0.25, 0.3) is 0 Å². The smallest absolute Gasteiger partial charge is 0.124 e. The van der Waals surface area contributed by atoms with Crippen LogP contribution in [0.3, 0.4) is 0 Å². The van der Waals surface area contributed by atoms with Crippen molar-refractivity contribution in [2.75, 3.05) is 5.73 Å². The molecule has 1 aromatic carbocycles. The molecule has 78 valence electrons. The normalized spacial score (nSPS) is 8.79. The van der Waals surface area contributed by atoms with Crippen LogP contribution in [0.4, 0.5) is 5.69 Å². The molecule has 0 radical (unpaired) electrons. The Morgan fingerprint density at radius 2 is 1.93 bits per heavy atom. The van der Waals surface area contributed by atoms with Crippen LogP contribution in [-0.4, -0.2) is 5.84 Å². The second kappa shape index (κ2) is 6.02. The van der Waals surface area contributed by atoms with Crippen LogP contribution in [0, 0.1) is 5.41 Å². The third-order valence-corrected chi connectivity index (χ3v) is 1.82. The molecule has 0 saturated carbocycles. The number of hydrogen-bond acceptors (Lipinski definition) is 2. The van der Waals surface area contributed by atoms with E-state index < -0.39 is 0 Å². The molecule has 3 nitrogen and oxygen atoms in total. The van der Waals surface area contributed by atoms with Gasteiger partial charge in [-0.1, -0.05) is 26.8 Å². The number of nitrogens with one attached hydrogen (secondary N) is 1. The van der Waals surface area contributed by atoms with Crippen LogP contribution in [-0.2, 0) is 6.42 Å². The predicted molar refractivity (Wildman–Crippen MR) is 62.6 cm³/mol. The fourth-order valence-corrected chi connectivity index (χ4v) is 1.06. The van der Waals surface area contributed by atoms with E-state index in [1.54, 1.807) is 6.07 Å². The summed E-state index contributed by atoms with van der Waals surface area (Å²) in [5, 5.41) is 7.25. The largest absolute Gasteiger partial charge is 0.398 e. The topological polar surface area (TPSA) is 75.9 Å². The van der Waals surface area contributed by atoms with E-state index in [-0.39, 0.29) is 5.84 Å². The summed E-state index contributed by atoms with van der Waals surface area (Å²) in [4.78, 5) is 0. The molecule has 1 aromatic rings. The summed E-state index contributed by atoms with van der Waals surface area (Å²) in [6.45, 7) is 6.05. The maximum Gasteiger partial charge on any atom is 0.124 e. The van der Waals surface area contributed by atoms with Gasteiger partial charge in [-0.25, -0.2) is 0 Å². The molecular formula is C11H19N3. The van der Waals surface area contributed by atoms with Crippen molar-refractivity contribution < 1.29 is 0 Å². The average molecular weight is 193 g/mol. The molecule has 0 aromatic heterocycles. The fourth-order valence-electron chi connectivity index (χ4n) is 1.06. The molecule has 0 heterocycles. The van der Waals surface area contributed by atoms with Gasteiger partial charge in [0.2, 0.25) is 0 Å². The van der Waals surface area contributed by atoms with Crippen molar-refractivity contribution in [2.24, 2.45) is 5.73 Å². The molecule has 1 rings (SSSR count). The van der Waals surface area contributed by atoms with E-state index in [1.807, 2.05) is 26.0 Å². The van der Waals surface area contributed by atoms with E-state index in [9.17, 15) is 0 Å². The van der Waals surface area contributed by atoms with Gasteiger partial charge in [-0.3, -0.25) is 5.41 Å². The highest BCUT2D eigenvalue weighted by Crippen LogP contribution is 2.13. The van der Waals surface area contributed by atoms with Crippen molar-refractivity contribution in [3.8, 4) is 0 Å². The van der Waals surface area contributed by atoms with Crippen molar-refractivity contribution in [1.29, 1.82) is 5.41 Å². The van der Waals surface area contributed by atoms with Gasteiger partial charge in [-0.05, 0) is 24.1 Å². The lowest BCUT2D eigenvalue weighted by Gasteiger charge is -2.05. The molecule has 0 aliphatic carbocycles. The number of amidine groups is 1. The molecule has 5 N–H and O–H groups in total. The van der Waals surface area contributed by atoms with Crippen LogP contribution in [0.2, 0.25) is 0 Å². The Balaban J connectivity index is 0.000000791. The van der Waals surface area contributed by atoms with Gasteiger partial charge in [0.1, 0.15) is 5.84 Å². The fraction of sp³-hybridized carbons (Fsp3) is 0.364. The molecule has 0 unspecified atom stereocenters. The molecule has 0 amide bonds. The molecule has 0 aliphatic heterocycles. The van der Waals surface area contributed by atoms with E-state index in [1.165, 1.54) is 0 Å². The van der Waals surface area contributed by atoms with Gasteiger partial charge in [0.25, 0.3) is 0 Å². The van der Waals surface area contributed by atoms with E-state index in [2.05, 4.69) is 6.92 Å². The highest BCUT2D eigenvalue weighted by atomic mass is 14.7. The maximum absolute atomic E-state index is 7.25. The maximum atomic E-state index is 7.25. The first kappa shape index (κ1) is 12.5. The second-order valence-corrected chi connectivity index (χ2v) is 2.69. The summed E-state index contributed by atoms with van der Waals surface area (Å²) in [5.41, 5.74) is 13.3. The quantitative estimate of drug-likeness (QED) is 0.382. The Morgan fingerprint density at radius 3 is 2.36 bits per heavy atom. The summed E-state index contributed by atoms with van der Waals surface area (Å²) in [6, 6.07) is 5.59. The molecule has 14 heavy (non-hydrogen) atoms. The minimum Gasteiger partial charge on any atom is -0.398 e. The standard InChI is InChI=1S/C9H13N3.C2H6/c1-2-6-3-4-8(10)7(5-6)9(11)12;1-2/h3-5H,2,10H2,1H3,(H3,11,12);1-2H3. The van der Waals surface area contributed by atoms with Gasteiger partial charge >= 0.3 is 0 Å². The van der Waals surface area contributed by atoms with Crippen LogP contribution >= 0.6 is 0 Å². The molecule has 0 fully saturated rings. The molecule has 0 aliphatic rings. The molecule has 0 bridgehead atoms. The highest BCUT2D eigenvalue weighted by Gasteiger charge is 2.02. The Morgan fingerprint density at radius 1 is 1.36 bits per heavy atom. The summed E-state index contributed by atoms with van der Waals surface area (Å²) < 4.78 is 0. The van der Waals surface area contributed by atoms with Gasteiger partial charge < -0.3 is 11.5 Å². The van der Waals surface area contributed by atoms with Crippen molar-refractivity contribution in [3.63, 3.8) is 0 Å². The van der Waals surface area contributed by atoms with Gasteiger partial charge in [0.05, 0.1) is 0 Å². The van der Waals surface area contributed by atoms with E-state index >= 15 is 0 Å². The lowest BCUT2D eigenvalue weighted by molar-refractivity contribution is 1.14. The van der Waals surface area contributed by atoms with Crippen molar-refractivity contribution >= 4 is 11.5 Å². The van der Waals surface area contributed by atoms with Crippen LogP contribution in [0.1, 0.15) is 31.9 Å². The number of hydrogen-bond donors (Lipinski definition) is 3. The molecule has 0 saturated heterocycles. The van der Waals surface area contributed by atoms with Crippen molar-refractivity contribution in [3.05, 3.63) is 29.3 Å². The number of rotatable bonds is 2.